The lowest BCUT2D eigenvalue weighted by Crippen LogP contribution is -2.40. The second-order valence-corrected chi connectivity index (χ2v) is 3.48. The molecule has 0 aliphatic heterocycles. The Bertz CT molecular complexity index is 416. The van der Waals surface area contributed by atoms with Crippen molar-refractivity contribution in [2.75, 3.05) is 12.4 Å². The number of anilines is 1. The number of hydrogen-bond donors (Lipinski definition) is 3. The van der Waals surface area contributed by atoms with Gasteiger partial charge in [0.2, 0.25) is 0 Å². The molecule has 0 saturated heterocycles. The molecule has 1 aromatic rings. The van der Waals surface area contributed by atoms with Gasteiger partial charge in [0.15, 0.2) is 0 Å². The molecule has 5 heteroatoms. The molecule has 0 fully saturated rings. The van der Waals surface area contributed by atoms with Gasteiger partial charge in [-0.15, -0.1) is 0 Å². The number of rotatable bonds is 1. The highest BCUT2D eigenvalue weighted by atomic mass is 16.2. The van der Waals surface area contributed by atoms with Crippen LogP contribution in [0.15, 0.2) is 18.2 Å². The summed E-state index contributed by atoms with van der Waals surface area (Å²) in [5.41, 5.74) is 2.76. The van der Waals surface area contributed by atoms with Crippen molar-refractivity contribution in [3.63, 3.8) is 0 Å². The quantitative estimate of drug-likeness (QED) is 0.676. The Morgan fingerprint density at radius 1 is 1.12 bits per heavy atom. The van der Waals surface area contributed by atoms with Crippen LogP contribution >= 0.6 is 0 Å². The van der Waals surface area contributed by atoms with Crippen LogP contribution in [0.1, 0.15) is 11.1 Å². The van der Waals surface area contributed by atoms with Crippen molar-refractivity contribution < 1.29 is 9.59 Å². The van der Waals surface area contributed by atoms with Gasteiger partial charge >= 0.3 is 12.1 Å². The minimum absolute atomic E-state index is 0.540. The van der Waals surface area contributed by atoms with Gasteiger partial charge in [-0.05, 0) is 25.5 Å². The fraction of sp³-hybridized carbons (Fsp3) is 0.273. The summed E-state index contributed by atoms with van der Waals surface area (Å²) in [5, 5.41) is 7.01. The topological polar surface area (TPSA) is 70.2 Å². The van der Waals surface area contributed by atoms with Crippen molar-refractivity contribution in [1.82, 2.24) is 10.6 Å². The van der Waals surface area contributed by atoms with E-state index in [1.165, 1.54) is 7.05 Å². The van der Waals surface area contributed by atoms with Crippen LogP contribution in [-0.2, 0) is 0 Å². The molecule has 0 atom stereocenters. The van der Waals surface area contributed by atoms with Crippen LogP contribution in [0, 0.1) is 13.8 Å². The summed E-state index contributed by atoms with van der Waals surface area (Å²) < 4.78 is 0. The number of carbonyl (C=O) groups excluding carboxylic acids is 2. The van der Waals surface area contributed by atoms with Crippen molar-refractivity contribution in [1.29, 1.82) is 0 Å². The van der Waals surface area contributed by atoms with Gasteiger partial charge in [-0.3, -0.25) is 5.32 Å². The summed E-state index contributed by atoms with van der Waals surface area (Å²) >= 11 is 0. The molecule has 1 aromatic carbocycles. The van der Waals surface area contributed by atoms with E-state index in [9.17, 15) is 9.59 Å². The van der Waals surface area contributed by atoms with Crippen LogP contribution in [0.5, 0.6) is 0 Å². The predicted molar refractivity (Wildman–Crippen MR) is 62.5 cm³/mol. The van der Waals surface area contributed by atoms with E-state index in [0.29, 0.717) is 5.69 Å². The standard InChI is InChI=1S/C11H15N3O2/c1-7-4-5-9(8(2)6-7)13-11(16)14-10(15)12-3/h4-6H,1-3H3,(H3,12,13,14,15,16). The zero-order valence-electron chi connectivity index (χ0n) is 9.55. The first kappa shape index (κ1) is 12.0. The van der Waals surface area contributed by atoms with Gasteiger partial charge in [0.25, 0.3) is 0 Å². The molecule has 0 aliphatic rings. The number of nitrogens with one attached hydrogen (secondary N) is 3. The van der Waals surface area contributed by atoms with Crippen molar-refractivity contribution in [3.8, 4) is 0 Å². The monoisotopic (exact) mass is 221 g/mol. The summed E-state index contributed by atoms with van der Waals surface area (Å²) in [6.07, 6.45) is 0. The van der Waals surface area contributed by atoms with Crippen LogP contribution in [-0.4, -0.2) is 19.1 Å². The third-order valence-corrected chi connectivity index (χ3v) is 2.08. The van der Waals surface area contributed by atoms with E-state index in [-0.39, 0.29) is 0 Å². The van der Waals surface area contributed by atoms with Gasteiger partial charge < -0.3 is 10.6 Å². The summed E-state index contributed by atoms with van der Waals surface area (Å²) in [7, 11) is 1.44. The van der Waals surface area contributed by atoms with Crippen molar-refractivity contribution in [2.24, 2.45) is 0 Å². The lowest BCUT2D eigenvalue weighted by Gasteiger charge is -2.09. The fourth-order valence-corrected chi connectivity index (χ4v) is 1.27. The van der Waals surface area contributed by atoms with E-state index in [2.05, 4.69) is 16.0 Å². The molecule has 3 N–H and O–H groups in total. The molecule has 86 valence electrons. The Hall–Kier alpha value is -2.04. The minimum atomic E-state index is -0.550. The lowest BCUT2D eigenvalue weighted by atomic mass is 10.1. The number of benzene rings is 1. The zero-order valence-corrected chi connectivity index (χ0v) is 9.55. The Kier molecular flexibility index (Phi) is 3.88. The number of amides is 4. The van der Waals surface area contributed by atoms with Gasteiger partial charge in [0.05, 0.1) is 0 Å². The molecule has 0 saturated carbocycles. The Labute approximate surface area is 94.2 Å². The maximum absolute atomic E-state index is 11.3. The minimum Gasteiger partial charge on any atom is -0.341 e. The smallest absolute Gasteiger partial charge is 0.327 e. The first-order valence-electron chi connectivity index (χ1n) is 4.90. The fourth-order valence-electron chi connectivity index (χ4n) is 1.27. The molecular weight excluding hydrogens is 206 g/mol. The molecule has 5 nitrogen and oxygen atoms in total. The SMILES string of the molecule is CNC(=O)NC(=O)Nc1ccc(C)cc1C. The van der Waals surface area contributed by atoms with E-state index in [4.69, 9.17) is 0 Å². The third kappa shape index (κ3) is 3.27. The Morgan fingerprint density at radius 2 is 1.81 bits per heavy atom. The maximum Gasteiger partial charge on any atom is 0.327 e. The summed E-state index contributed by atoms with van der Waals surface area (Å²) in [4.78, 5) is 22.2. The third-order valence-electron chi connectivity index (χ3n) is 2.08. The van der Waals surface area contributed by atoms with Crippen molar-refractivity contribution in [3.05, 3.63) is 29.3 Å². The molecule has 0 unspecified atom stereocenters. The number of hydrogen-bond acceptors (Lipinski definition) is 2. The van der Waals surface area contributed by atoms with Crippen LogP contribution in [0.4, 0.5) is 15.3 Å². The molecule has 0 bridgehead atoms. The highest BCUT2D eigenvalue weighted by Crippen LogP contribution is 2.15. The highest BCUT2D eigenvalue weighted by molar-refractivity contribution is 6.00. The Balaban J connectivity index is 2.66. The maximum atomic E-state index is 11.3. The molecular formula is C11H15N3O2. The predicted octanol–water partition coefficient (Wildman–Crippen LogP) is 1.76. The highest BCUT2D eigenvalue weighted by Gasteiger charge is 2.06. The van der Waals surface area contributed by atoms with Gasteiger partial charge in [-0.2, -0.15) is 0 Å². The largest absolute Gasteiger partial charge is 0.341 e. The molecule has 0 spiro atoms. The van der Waals surface area contributed by atoms with Crippen molar-refractivity contribution in [2.45, 2.75) is 13.8 Å². The van der Waals surface area contributed by atoms with E-state index in [1.807, 2.05) is 26.0 Å². The lowest BCUT2D eigenvalue weighted by molar-refractivity contribution is 0.234. The second-order valence-electron chi connectivity index (χ2n) is 3.48. The van der Waals surface area contributed by atoms with E-state index in [0.717, 1.165) is 11.1 Å². The van der Waals surface area contributed by atoms with Gasteiger partial charge in [-0.1, -0.05) is 17.7 Å². The Morgan fingerprint density at radius 3 is 2.38 bits per heavy atom. The molecule has 16 heavy (non-hydrogen) atoms. The molecule has 1 rings (SSSR count). The van der Waals surface area contributed by atoms with E-state index < -0.39 is 12.1 Å². The first-order chi connectivity index (χ1) is 7.52. The number of carbonyl (C=O) groups is 2. The summed E-state index contributed by atoms with van der Waals surface area (Å²) in [6.45, 7) is 3.86. The molecule has 0 aromatic heterocycles. The average molecular weight is 221 g/mol. The van der Waals surface area contributed by atoms with Crippen LogP contribution in [0.2, 0.25) is 0 Å². The van der Waals surface area contributed by atoms with Crippen LogP contribution in [0.25, 0.3) is 0 Å². The molecule has 0 radical (unpaired) electrons. The first-order valence-corrected chi connectivity index (χ1v) is 4.90. The van der Waals surface area contributed by atoms with Gasteiger partial charge in [0.1, 0.15) is 0 Å². The summed E-state index contributed by atoms with van der Waals surface area (Å²) in [5.74, 6) is 0. The van der Waals surface area contributed by atoms with Crippen LogP contribution < -0.4 is 16.0 Å². The van der Waals surface area contributed by atoms with E-state index in [1.54, 1.807) is 6.07 Å². The summed E-state index contributed by atoms with van der Waals surface area (Å²) in [6, 6.07) is 4.56. The normalized spacial score (nSPS) is 9.44. The van der Waals surface area contributed by atoms with E-state index >= 15 is 0 Å². The van der Waals surface area contributed by atoms with Gasteiger partial charge in [0, 0.05) is 12.7 Å². The molecule has 4 amide bonds. The number of aryl methyl sites for hydroxylation is 2. The average Bonchev–Trinajstić information content (AvgIpc) is 2.22. The number of imide groups is 1. The van der Waals surface area contributed by atoms with Crippen LogP contribution in [0.3, 0.4) is 0 Å². The second kappa shape index (κ2) is 5.16. The van der Waals surface area contributed by atoms with Gasteiger partial charge in [-0.25, -0.2) is 9.59 Å². The van der Waals surface area contributed by atoms with Crippen molar-refractivity contribution >= 4 is 17.7 Å². The number of urea groups is 2. The zero-order chi connectivity index (χ0) is 12.1. The molecule has 0 heterocycles. The molecule has 0 aliphatic carbocycles.